The molecule has 1 heteroatoms. The fourth-order valence-corrected chi connectivity index (χ4v) is 4.78. The van der Waals surface area contributed by atoms with E-state index < -0.39 is 0 Å². The van der Waals surface area contributed by atoms with Crippen LogP contribution in [0.1, 0.15) is 59.5 Å². The predicted molar refractivity (Wildman–Crippen MR) is 93.0 cm³/mol. The van der Waals surface area contributed by atoms with E-state index in [0.29, 0.717) is 14.5 Å². The van der Waals surface area contributed by atoms with E-state index in [4.69, 9.17) is 0 Å². The summed E-state index contributed by atoms with van der Waals surface area (Å²) in [6.45, 7) is 4.54. The Bertz CT molecular complexity index is 596. The molecule has 0 saturated heterocycles. The molecule has 0 nitrogen and oxygen atoms in total. The predicted octanol–water partition coefficient (Wildman–Crippen LogP) is 4.83. The topological polar surface area (TPSA) is 0 Å². The van der Waals surface area contributed by atoms with Crippen molar-refractivity contribution >= 4 is 14.5 Å². The summed E-state index contributed by atoms with van der Waals surface area (Å²) in [6.07, 6.45) is 7.66. The Hall–Kier alpha value is -1.22. The van der Waals surface area contributed by atoms with E-state index in [1.54, 1.807) is 8.87 Å². The van der Waals surface area contributed by atoms with E-state index in [0.717, 1.165) is 5.56 Å². The van der Waals surface area contributed by atoms with Crippen molar-refractivity contribution in [1.29, 1.82) is 0 Å². The first-order chi connectivity index (χ1) is 10.3. The van der Waals surface area contributed by atoms with Crippen molar-refractivity contribution in [1.82, 2.24) is 0 Å². The van der Waals surface area contributed by atoms with Crippen molar-refractivity contribution in [3.8, 4) is 11.8 Å². The van der Waals surface area contributed by atoms with Crippen molar-refractivity contribution in [2.45, 2.75) is 52.4 Å². The Morgan fingerprint density at radius 1 is 0.905 bits per heavy atom. The monoisotopic (exact) mass is 344 g/mol. The molecule has 0 radical (unpaired) electrons. The molecule has 110 valence electrons. The van der Waals surface area contributed by atoms with Crippen LogP contribution in [0.5, 0.6) is 0 Å². The van der Waals surface area contributed by atoms with E-state index >= 15 is 0 Å². The number of rotatable bonds is 6. The SMILES string of the molecule is CCCCc1cc(C#Cc2ccccc2)c(CCCC)[se]1. The zero-order valence-corrected chi connectivity index (χ0v) is 14.8. The molecule has 0 saturated carbocycles. The van der Waals surface area contributed by atoms with Crippen molar-refractivity contribution in [3.05, 3.63) is 56.4 Å². The summed E-state index contributed by atoms with van der Waals surface area (Å²) in [5, 5.41) is 0. The minimum absolute atomic E-state index is 0.561. The van der Waals surface area contributed by atoms with Crippen molar-refractivity contribution < 1.29 is 0 Å². The second kappa shape index (κ2) is 8.93. The van der Waals surface area contributed by atoms with Gasteiger partial charge in [-0.3, -0.25) is 0 Å². The van der Waals surface area contributed by atoms with Gasteiger partial charge < -0.3 is 0 Å². The summed E-state index contributed by atoms with van der Waals surface area (Å²) in [5.74, 6) is 6.76. The van der Waals surface area contributed by atoms with Gasteiger partial charge in [-0.1, -0.05) is 0 Å². The van der Waals surface area contributed by atoms with Gasteiger partial charge in [-0.2, -0.15) is 0 Å². The fourth-order valence-electron chi connectivity index (χ4n) is 2.25. The van der Waals surface area contributed by atoms with Crippen molar-refractivity contribution in [3.63, 3.8) is 0 Å². The maximum atomic E-state index is 3.43. The molecule has 0 spiro atoms. The molecular weight excluding hydrogens is 319 g/mol. The molecule has 0 N–H and O–H groups in total. The van der Waals surface area contributed by atoms with Gasteiger partial charge in [0.2, 0.25) is 0 Å². The third-order valence-corrected chi connectivity index (χ3v) is 6.14. The van der Waals surface area contributed by atoms with Crippen molar-refractivity contribution in [2.24, 2.45) is 0 Å². The van der Waals surface area contributed by atoms with Crippen LogP contribution in [0, 0.1) is 11.8 Å². The molecule has 2 aromatic rings. The van der Waals surface area contributed by atoms with Gasteiger partial charge >= 0.3 is 135 Å². The van der Waals surface area contributed by atoms with Crippen LogP contribution in [0.4, 0.5) is 0 Å². The average Bonchev–Trinajstić information content (AvgIpc) is 2.92. The molecule has 0 amide bonds. The summed E-state index contributed by atoms with van der Waals surface area (Å²) >= 11 is 0.561. The van der Waals surface area contributed by atoms with Gasteiger partial charge in [-0.15, -0.1) is 0 Å². The summed E-state index contributed by atoms with van der Waals surface area (Å²) < 4.78 is 3.27. The molecule has 0 aliphatic carbocycles. The van der Waals surface area contributed by atoms with E-state index in [9.17, 15) is 0 Å². The quantitative estimate of drug-likeness (QED) is 0.521. The molecule has 0 fully saturated rings. The van der Waals surface area contributed by atoms with Gasteiger partial charge in [-0.25, -0.2) is 0 Å². The molecule has 0 bridgehead atoms. The van der Waals surface area contributed by atoms with E-state index in [2.05, 4.69) is 56.0 Å². The van der Waals surface area contributed by atoms with Crippen LogP contribution in [-0.2, 0) is 12.8 Å². The van der Waals surface area contributed by atoms with Crippen LogP contribution < -0.4 is 0 Å². The second-order valence-electron chi connectivity index (χ2n) is 5.37. The zero-order chi connectivity index (χ0) is 14.9. The van der Waals surface area contributed by atoms with Gasteiger partial charge in [0, 0.05) is 0 Å². The Morgan fingerprint density at radius 2 is 1.62 bits per heavy atom. The second-order valence-corrected chi connectivity index (χ2v) is 7.94. The number of hydrogen-bond acceptors (Lipinski definition) is 0. The summed E-state index contributed by atoms with van der Waals surface area (Å²) in [4.78, 5) is 0. The molecule has 0 aliphatic heterocycles. The number of aryl methyl sites for hydroxylation is 2. The molecular formula is C20H24Se. The molecule has 21 heavy (non-hydrogen) atoms. The van der Waals surface area contributed by atoms with Gasteiger partial charge in [0.05, 0.1) is 0 Å². The number of unbranched alkanes of at least 4 members (excludes halogenated alkanes) is 2. The molecule has 0 unspecified atom stereocenters. The van der Waals surface area contributed by atoms with E-state index in [1.165, 1.54) is 44.1 Å². The zero-order valence-electron chi connectivity index (χ0n) is 13.1. The normalized spacial score (nSPS) is 10.2. The Balaban J connectivity index is 2.19. The molecule has 1 aromatic heterocycles. The van der Waals surface area contributed by atoms with E-state index in [-0.39, 0.29) is 0 Å². The summed E-state index contributed by atoms with van der Waals surface area (Å²) in [7, 11) is 0. The van der Waals surface area contributed by atoms with Crippen LogP contribution in [0.15, 0.2) is 36.4 Å². The first-order valence-electron chi connectivity index (χ1n) is 8.02. The van der Waals surface area contributed by atoms with E-state index in [1.807, 2.05) is 6.07 Å². The molecule has 0 atom stereocenters. The third-order valence-electron chi connectivity index (χ3n) is 3.51. The summed E-state index contributed by atoms with van der Waals surface area (Å²) in [6, 6.07) is 12.7. The van der Waals surface area contributed by atoms with Crippen LogP contribution >= 0.6 is 0 Å². The van der Waals surface area contributed by atoms with Gasteiger partial charge in [0.25, 0.3) is 0 Å². The average molecular weight is 343 g/mol. The van der Waals surface area contributed by atoms with Gasteiger partial charge in [0.1, 0.15) is 0 Å². The first-order valence-corrected chi connectivity index (χ1v) is 9.73. The van der Waals surface area contributed by atoms with Gasteiger partial charge in [0.15, 0.2) is 0 Å². The third kappa shape index (κ3) is 5.24. The Kier molecular flexibility index (Phi) is 6.87. The fraction of sp³-hybridized carbons (Fsp3) is 0.400. The minimum atomic E-state index is 0.561. The van der Waals surface area contributed by atoms with Crippen molar-refractivity contribution in [2.75, 3.05) is 0 Å². The Labute approximate surface area is 135 Å². The van der Waals surface area contributed by atoms with Gasteiger partial charge in [-0.05, 0) is 0 Å². The molecule has 1 heterocycles. The Morgan fingerprint density at radius 3 is 2.33 bits per heavy atom. The van der Waals surface area contributed by atoms with Crippen LogP contribution in [0.25, 0.3) is 0 Å². The number of benzene rings is 1. The van der Waals surface area contributed by atoms with Crippen LogP contribution in [-0.4, -0.2) is 14.5 Å². The standard InChI is InChI=1S/C20H24Se/c1-3-5-12-19-16-18(20(21-19)13-6-4-2)15-14-17-10-8-7-9-11-17/h7-11,16H,3-6,12-13H2,1-2H3. The molecule has 0 aliphatic rings. The number of hydrogen-bond donors (Lipinski definition) is 0. The molecule has 2 rings (SSSR count). The van der Waals surface area contributed by atoms with Crippen LogP contribution in [0.3, 0.4) is 0 Å². The first kappa shape index (κ1) is 16.2. The van der Waals surface area contributed by atoms with Crippen LogP contribution in [0.2, 0.25) is 0 Å². The molecule has 1 aromatic carbocycles. The maximum absolute atomic E-state index is 3.43. The summed E-state index contributed by atoms with van der Waals surface area (Å²) in [5.41, 5.74) is 2.43.